The van der Waals surface area contributed by atoms with Gasteiger partial charge in [0.15, 0.2) is 0 Å². The zero-order valence-corrected chi connectivity index (χ0v) is 9.83. The van der Waals surface area contributed by atoms with Gasteiger partial charge in [-0.3, -0.25) is 4.79 Å². The van der Waals surface area contributed by atoms with Crippen LogP contribution in [0.3, 0.4) is 0 Å². The molecule has 1 saturated heterocycles. The molecule has 0 aromatic rings. The predicted octanol–water partition coefficient (Wildman–Crippen LogP) is 0.379. The normalized spacial score (nSPS) is 27.7. The molecule has 6 heteroatoms. The van der Waals surface area contributed by atoms with Gasteiger partial charge in [0.25, 0.3) is 0 Å². The molecule has 0 amide bonds. The van der Waals surface area contributed by atoms with E-state index in [1.54, 1.807) is 6.92 Å². The van der Waals surface area contributed by atoms with Gasteiger partial charge in [-0.1, -0.05) is 13.8 Å². The number of nitrogens with zero attached hydrogens (tertiary/aromatic N) is 1. The van der Waals surface area contributed by atoms with Crippen LogP contribution in [0.4, 0.5) is 0 Å². The van der Waals surface area contributed by atoms with Crippen molar-refractivity contribution in [1.29, 1.82) is 0 Å². The van der Waals surface area contributed by atoms with Crippen molar-refractivity contribution in [3.05, 3.63) is 0 Å². The maximum atomic E-state index is 11.5. The maximum absolute atomic E-state index is 11.5. The second-order valence-corrected chi connectivity index (χ2v) is 6.28. The number of rotatable bonds is 4. The number of aliphatic carboxylic acids is 1. The minimum absolute atomic E-state index is 0.148. The van der Waals surface area contributed by atoms with Gasteiger partial charge in [0.1, 0.15) is 0 Å². The van der Waals surface area contributed by atoms with E-state index in [0.29, 0.717) is 19.5 Å². The van der Waals surface area contributed by atoms with Gasteiger partial charge in [-0.05, 0) is 12.3 Å². The van der Waals surface area contributed by atoms with Gasteiger partial charge in [0.2, 0.25) is 10.0 Å². The van der Waals surface area contributed by atoms with Crippen molar-refractivity contribution in [3.63, 3.8) is 0 Å². The third-order valence-corrected chi connectivity index (χ3v) is 4.75. The van der Waals surface area contributed by atoms with Crippen LogP contribution in [0.25, 0.3) is 0 Å². The number of carboxylic acids is 1. The zero-order valence-electron chi connectivity index (χ0n) is 9.01. The molecular formula is C9H17NO4S. The Morgan fingerprint density at radius 2 is 2.20 bits per heavy atom. The predicted molar refractivity (Wildman–Crippen MR) is 55.9 cm³/mol. The first kappa shape index (κ1) is 12.4. The minimum atomic E-state index is -3.12. The largest absolute Gasteiger partial charge is 0.481 e. The first-order valence-electron chi connectivity index (χ1n) is 5.03. The zero-order chi connectivity index (χ0) is 11.6. The molecule has 0 spiro atoms. The van der Waals surface area contributed by atoms with Crippen LogP contribution >= 0.6 is 0 Å². The molecular weight excluding hydrogens is 218 g/mol. The van der Waals surface area contributed by atoms with Crippen molar-refractivity contribution >= 4 is 16.0 Å². The molecule has 15 heavy (non-hydrogen) atoms. The summed E-state index contributed by atoms with van der Waals surface area (Å²) in [5.74, 6) is -1.03. The van der Waals surface area contributed by atoms with Crippen LogP contribution in [0.5, 0.6) is 0 Å². The molecule has 1 aliphatic heterocycles. The van der Waals surface area contributed by atoms with Crippen molar-refractivity contribution in [3.8, 4) is 0 Å². The Labute approximate surface area is 90.1 Å². The lowest BCUT2D eigenvalue weighted by atomic mass is 10.1. The molecule has 5 nitrogen and oxygen atoms in total. The summed E-state index contributed by atoms with van der Waals surface area (Å²) in [6.45, 7) is 4.32. The van der Waals surface area contributed by atoms with Crippen LogP contribution in [0.1, 0.15) is 20.3 Å². The van der Waals surface area contributed by atoms with Crippen molar-refractivity contribution < 1.29 is 18.3 Å². The average Bonchev–Trinajstić information content (AvgIpc) is 2.34. The van der Waals surface area contributed by atoms with Crippen LogP contribution in [0, 0.1) is 11.8 Å². The lowest BCUT2D eigenvalue weighted by Crippen LogP contribution is -2.29. The van der Waals surface area contributed by atoms with Gasteiger partial charge in [-0.2, -0.15) is 0 Å². The Kier molecular flexibility index (Phi) is 3.72. The van der Waals surface area contributed by atoms with E-state index in [-0.39, 0.29) is 11.7 Å². The summed E-state index contributed by atoms with van der Waals surface area (Å²) in [6, 6.07) is 0. The Morgan fingerprint density at radius 1 is 1.60 bits per heavy atom. The first-order valence-corrected chi connectivity index (χ1v) is 6.64. The monoisotopic (exact) mass is 235 g/mol. The second-order valence-electron chi connectivity index (χ2n) is 4.27. The molecule has 0 aromatic heterocycles. The maximum Gasteiger partial charge on any atom is 0.306 e. The minimum Gasteiger partial charge on any atom is -0.481 e. The van der Waals surface area contributed by atoms with E-state index in [9.17, 15) is 13.2 Å². The van der Waals surface area contributed by atoms with Crippen LogP contribution in [0.2, 0.25) is 0 Å². The van der Waals surface area contributed by atoms with Gasteiger partial charge < -0.3 is 5.11 Å². The fourth-order valence-corrected chi connectivity index (χ4v) is 3.57. The lowest BCUT2D eigenvalue weighted by Gasteiger charge is -2.15. The summed E-state index contributed by atoms with van der Waals surface area (Å²) in [5.41, 5.74) is 0. The van der Waals surface area contributed by atoms with Crippen molar-refractivity contribution in [2.24, 2.45) is 11.8 Å². The molecule has 1 fully saturated rings. The summed E-state index contributed by atoms with van der Waals surface area (Å²) in [7, 11) is -3.12. The van der Waals surface area contributed by atoms with Gasteiger partial charge >= 0.3 is 5.97 Å². The summed E-state index contributed by atoms with van der Waals surface area (Å²) in [4.78, 5) is 10.6. The Morgan fingerprint density at radius 3 is 2.60 bits per heavy atom. The van der Waals surface area contributed by atoms with Crippen LogP contribution in [-0.2, 0) is 14.8 Å². The molecule has 2 atom stereocenters. The summed E-state index contributed by atoms with van der Waals surface area (Å²) >= 11 is 0. The highest BCUT2D eigenvalue weighted by Crippen LogP contribution is 2.19. The van der Waals surface area contributed by atoms with E-state index >= 15 is 0 Å². The summed E-state index contributed by atoms with van der Waals surface area (Å²) in [6.07, 6.45) is 0.376. The molecule has 88 valence electrons. The quantitative estimate of drug-likeness (QED) is 0.764. The number of hydrogen-bond acceptors (Lipinski definition) is 3. The highest BCUT2D eigenvalue weighted by Gasteiger charge is 2.33. The number of carbonyl (C=O) groups is 1. The topological polar surface area (TPSA) is 74.7 Å². The first-order chi connectivity index (χ1) is 6.83. The van der Waals surface area contributed by atoms with E-state index in [1.807, 2.05) is 6.92 Å². The van der Waals surface area contributed by atoms with E-state index in [2.05, 4.69) is 0 Å². The molecule has 0 bridgehead atoms. The summed E-state index contributed by atoms with van der Waals surface area (Å²) in [5, 5.41) is 8.67. The molecule has 0 saturated carbocycles. The third-order valence-electron chi connectivity index (χ3n) is 2.64. The van der Waals surface area contributed by atoms with E-state index < -0.39 is 21.9 Å². The standard InChI is InChI=1S/C9H17NO4S/c1-7-5-10(15(13,14)6-7)4-3-8(2)9(11)12/h7-8H,3-6H2,1-2H3,(H,11,12). The molecule has 1 aliphatic rings. The Hall–Kier alpha value is -0.620. The van der Waals surface area contributed by atoms with E-state index in [0.717, 1.165) is 0 Å². The van der Waals surface area contributed by atoms with Gasteiger partial charge in [-0.15, -0.1) is 0 Å². The number of carboxylic acid groups (broad SMARTS) is 1. The highest BCUT2D eigenvalue weighted by atomic mass is 32.2. The van der Waals surface area contributed by atoms with E-state index in [1.165, 1.54) is 4.31 Å². The highest BCUT2D eigenvalue weighted by molar-refractivity contribution is 7.89. The molecule has 0 aromatic carbocycles. The van der Waals surface area contributed by atoms with E-state index in [4.69, 9.17) is 5.11 Å². The van der Waals surface area contributed by atoms with Gasteiger partial charge in [0.05, 0.1) is 11.7 Å². The van der Waals surface area contributed by atoms with Gasteiger partial charge in [0, 0.05) is 13.1 Å². The average molecular weight is 235 g/mol. The third kappa shape index (κ3) is 3.17. The van der Waals surface area contributed by atoms with Gasteiger partial charge in [-0.25, -0.2) is 12.7 Å². The van der Waals surface area contributed by atoms with Crippen LogP contribution in [-0.4, -0.2) is 42.6 Å². The fourth-order valence-electron chi connectivity index (χ4n) is 1.67. The van der Waals surface area contributed by atoms with Crippen LogP contribution in [0.15, 0.2) is 0 Å². The molecule has 2 unspecified atom stereocenters. The SMILES string of the molecule is CC1CN(CCC(C)C(=O)O)S(=O)(=O)C1. The smallest absolute Gasteiger partial charge is 0.306 e. The Bertz CT molecular complexity index is 338. The molecule has 1 heterocycles. The summed E-state index contributed by atoms with van der Waals surface area (Å²) < 4.78 is 24.5. The fraction of sp³-hybridized carbons (Fsp3) is 0.889. The number of sulfonamides is 1. The van der Waals surface area contributed by atoms with Crippen molar-refractivity contribution in [1.82, 2.24) is 4.31 Å². The Balaban J connectivity index is 2.50. The molecule has 1 N–H and O–H groups in total. The van der Waals surface area contributed by atoms with Crippen LogP contribution < -0.4 is 0 Å². The van der Waals surface area contributed by atoms with Crippen molar-refractivity contribution in [2.45, 2.75) is 20.3 Å². The molecule has 1 rings (SSSR count). The van der Waals surface area contributed by atoms with Crippen molar-refractivity contribution in [2.75, 3.05) is 18.8 Å². The molecule has 0 radical (unpaired) electrons. The second kappa shape index (κ2) is 4.49. The number of hydrogen-bond donors (Lipinski definition) is 1. The lowest BCUT2D eigenvalue weighted by molar-refractivity contribution is -0.141. The molecule has 0 aliphatic carbocycles.